The molecular formula is C14H29NO5. The maximum atomic E-state index is 9.75. The van der Waals surface area contributed by atoms with Gasteiger partial charge in [0.2, 0.25) is 0 Å². The molecule has 0 amide bonds. The molecule has 1 aliphatic rings. The Morgan fingerprint density at radius 2 is 1.20 bits per heavy atom. The smallest absolute Gasteiger partial charge is 0.0701 e. The lowest BCUT2D eigenvalue weighted by Crippen LogP contribution is -2.37. The van der Waals surface area contributed by atoms with Crippen molar-refractivity contribution < 1.29 is 24.1 Å². The van der Waals surface area contributed by atoms with Gasteiger partial charge in [-0.15, -0.1) is 0 Å². The van der Waals surface area contributed by atoms with Crippen molar-refractivity contribution in [3.8, 4) is 0 Å². The quantitative estimate of drug-likeness (QED) is 0.798. The van der Waals surface area contributed by atoms with E-state index in [4.69, 9.17) is 18.9 Å². The van der Waals surface area contributed by atoms with Crippen molar-refractivity contribution in [2.24, 2.45) is 0 Å². The Hall–Kier alpha value is -0.240. The van der Waals surface area contributed by atoms with Crippen LogP contribution in [0.15, 0.2) is 0 Å². The van der Waals surface area contributed by atoms with Gasteiger partial charge in [0.1, 0.15) is 0 Å². The molecule has 0 saturated carbocycles. The first kappa shape index (κ1) is 17.8. The number of aliphatic hydroxyl groups excluding tert-OH is 1. The molecule has 20 heavy (non-hydrogen) atoms. The maximum Gasteiger partial charge on any atom is 0.0701 e. The van der Waals surface area contributed by atoms with E-state index in [9.17, 15) is 5.11 Å². The SMILES string of the molecule is CCC(O)CN1CCOCCOCCOCCOCC1. The third kappa shape index (κ3) is 9.63. The Kier molecular flexibility index (Phi) is 11.1. The summed E-state index contributed by atoms with van der Waals surface area (Å²) in [7, 11) is 0. The largest absolute Gasteiger partial charge is 0.392 e. The Labute approximate surface area is 121 Å². The lowest BCUT2D eigenvalue weighted by atomic mass is 10.2. The van der Waals surface area contributed by atoms with E-state index in [1.54, 1.807) is 0 Å². The van der Waals surface area contributed by atoms with E-state index >= 15 is 0 Å². The van der Waals surface area contributed by atoms with E-state index in [0.717, 1.165) is 19.5 Å². The number of hydrogen-bond acceptors (Lipinski definition) is 6. The molecule has 6 heteroatoms. The predicted octanol–water partition coefficient (Wildman–Crippen LogP) is 0.139. The number of hydrogen-bond donors (Lipinski definition) is 1. The highest BCUT2D eigenvalue weighted by Gasteiger charge is 2.10. The van der Waals surface area contributed by atoms with Gasteiger partial charge in [-0.1, -0.05) is 6.92 Å². The van der Waals surface area contributed by atoms with Gasteiger partial charge in [-0.3, -0.25) is 4.90 Å². The second kappa shape index (κ2) is 12.5. The molecule has 0 aromatic heterocycles. The average Bonchev–Trinajstić information content (AvgIpc) is 2.47. The molecule has 1 atom stereocenters. The van der Waals surface area contributed by atoms with Gasteiger partial charge in [0.05, 0.1) is 59.0 Å². The number of aliphatic hydroxyl groups is 1. The molecule has 1 N–H and O–H groups in total. The minimum atomic E-state index is -0.288. The molecule has 1 aliphatic heterocycles. The molecule has 1 rings (SSSR count). The summed E-state index contributed by atoms with van der Waals surface area (Å²) in [5, 5.41) is 9.75. The summed E-state index contributed by atoms with van der Waals surface area (Å²) in [5.74, 6) is 0. The first-order valence-electron chi connectivity index (χ1n) is 7.54. The standard InChI is InChI=1S/C14H29NO5/c1-2-14(16)13-15-3-5-17-7-9-19-11-12-20-10-8-18-6-4-15/h14,16H,2-13H2,1H3. The molecule has 0 aliphatic carbocycles. The highest BCUT2D eigenvalue weighted by molar-refractivity contribution is 4.63. The van der Waals surface area contributed by atoms with Gasteiger partial charge in [0.25, 0.3) is 0 Å². The molecule has 6 nitrogen and oxygen atoms in total. The van der Waals surface area contributed by atoms with Crippen molar-refractivity contribution in [3.63, 3.8) is 0 Å². The third-order valence-corrected chi connectivity index (χ3v) is 3.16. The first-order chi connectivity index (χ1) is 9.83. The number of β-amino-alcohol motifs (C(OH)–C–C–N with tert-alkyl or cyclic N) is 1. The van der Waals surface area contributed by atoms with Gasteiger partial charge in [0, 0.05) is 19.6 Å². The number of ether oxygens (including phenoxy) is 4. The highest BCUT2D eigenvalue weighted by atomic mass is 16.6. The summed E-state index contributed by atoms with van der Waals surface area (Å²) in [6.45, 7) is 9.13. The lowest BCUT2D eigenvalue weighted by Gasteiger charge is -2.24. The third-order valence-electron chi connectivity index (χ3n) is 3.16. The fourth-order valence-electron chi connectivity index (χ4n) is 1.87. The van der Waals surface area contributed by atoms with Gasteiger partial charge in [-0.05, 0) is 6.42 Å². The number of nitrogens with zero attached hydrogens (tertiary/aromatic N) is 1. The first-order valence-corrected chi connectivity index (χ1v) is 7.54. The van der Waals surface area contributed by atoms with Gasteiger partial charge in [-0.25, -0.2) is 0 Å². The van der Waals surface area contributed by atoms with Crippen LogP contribution in [0.1, 0.15) is 13.3 Å². The second-order valence-corrected chi connectivity index (χ2v) is 4.81. The Bertz CT molecular complexity index is 202. The van der Waals surface area contributed by atoms with Crippen LogP contribution >= 0.6 is 0 Å². The van der Waals surface area contributed by atoms with Crippen LogP contribution in [0.5, 0.6) is 0 Å². The average molecular weight is 291 g/mol. The van der Waals surface area contributed by atoms with Crippen LogP contribution in [0.25, 0.3) is 0 Å². The fourth-order valence-corrected chi connectivity index (χ4v) is 1.87. The van der Waals surface area contributed by atoms with Crippen LogP contribution in [0.3, 0.4) is 0 Å². The summed E-state index contributed by atoms with van der Waals surface area (Å²) in [6, 6.07) is 0. The number of rotatable bonds is 3. The Morgan fingerprint density at radius 1 is 0.800 bits per heavy atom. The van der Waals surface area contributed by atoms with E-state index in [2.05, 4.69) is 4.90 Å². The van der Waals surface area contributed by atoms with Crippen LogP contribution in [0.2, 0.25) is 0 Å². The molecule has 0 aromatic carbocycles. The van der Waals surface area contributed by atoms with E-state index in [0.29, 0.717) is 59.4 Å². The van der Waals surface area contributed by atoms with Gasteiger partial charge in [0.15, 0.2) is 0 Å². The molecule has 120 valence electrons. The van der Waals surface area contributed by atoms with E-state index in [1.807, 2.05) is 6.92 Å². The molecule has 1 saturated heterocycles. The van der Waals surface area contributed by atoms with E-state index in [1.165, 1.54) is 0 Å². The van der Waals surface area contributed by atoms with Gasteiger partial charge < -0.3 is 24.1 Å². The van der Waals surface area contributed by atoms with Crippen LogP contribution in [-0.2, 0) is 18.9 Å². The zero-order valence-corrected chi connectivity index (χ0v) is 12.6. The Balaban J connectivity index is 2.28. The predicted molar refractivity (Wildman–Crippen MR) is 76.0 cm³/mol. The minimum Gasteiger partial charge on any atom is -0.392 e. The summed E-state index contributed by atoms with van der Waals surface area (Å²) in [4.78, 5) is 2.18. The highest BCUT2D eigenvalue weighted by Crippen LogP contribution is 1.98. The zero-order valence-electron chi connectivity index (χ0n) is 12.6. The summed E-state index contributed by atoms with van der Waals surface area (Å²) < 4.78 is 21.8. The van der Waals surface area contributed by atoms with Gasteiger partial charge in [-0.2, -0.15) is 0 Å². The van der Waals surface area contributed by atoms with Crippen LogP contribution < -0.4 is 0 Å². The van der Waals surface area contributed by atoms with Crippen molar-refractivity contribution in [3.05, 3.63) is 0 Å². The normalized spacial score (nSPS) is 23.7. The van der Waals surface area contributed by atoms with Crippen molar-refractivity contribution >= 4 is 0 Å². The minimum absolute atomic E-state index is 0.288. The van der Waals surface area contributed by atoms with Crippen LogP contribution in [0.4, 0.5) is 0 Å². The summed E-state index contributed by atoms with van der Waals surface area (Å²) in [5.41, 5.74) is 0. The molecule has 1 unspecified atom stereocenters. The molecule has 0 bridgehead atoms. The van der Waals surface area contributed by atoms with Crippen molar-refractivity contribution in [2.75, 3.05) is 72.5 Å². The molecular weight excluding hydrogens is 262 g/mol. The van der Waals surface area contributed by atoms with E-state index in [-0.39, 0.29) is 6.10 Å². The zero-order chi connectivity index (χ0) is 14.5. The van der Waals surface area contributed by atoms with E-state index < -0.39 is 0 Å². The van der Waals surface area contributed by atoms with Crippen molar-refractivity contribution in [1.82, 2.24) is 4.90 Å². The van der Waals surface area contributed by atoms with Crippen LogP contribution in [-0.4, -0.2) is 88.6 Å². The topological polar surface area (TPSA) is 60.4 Å². The van der Waals surface area contributed by atoms with Gasteiger partial charge >= 0.3 is 0 Å². The molecule has 0 radical (unpaired) electrons. The molecule has 1 fully saturated rings. The second-order valence-electron chi connectivity index (χ2n) is 4.81. The lowest BCUT2D eigenvalue weighted by molar-refractivity contribution is 0.00206. The maximum absolute atomic E-state index is 9.75. The summed E-state index contributed by atoms with van der Waals surface area (Å²) >= 11 is 0. The summed E-state index contributed by atoms with van der Waals surface area (Å²) in [6.07, 6.45) is 0.476. The van der Waals surface area contributed by atoms with Crippen molar-refractivity contribution in [2.45, 2.75) is 19.4 Å². The van der Waals surface area contributed by atoms with Crippen LogP contribution in [0, 0.1) is 0 Å². The van der Waals surface area contributed by atoms with Crippen molar-refractivity contribution in [1.29, 1.82) is 0 Å². The molecule has 0 aromatic rings. The molecule has 1 heterocycles. The monoisotopic (exact) mass is 291 g/mol. The molecule has 0 spiro atoms. The fraction of sp³-hybridized carbons (Fsp3) is 1.00. The Morgan fingerprint density at radius 3 is 1.60 bits per heavy atom.